The van der Waals surface area contributed by atoms with E-state index in [9.17, 15) is 9.59 Å². The maximum absolute atomic E-state index is 11.1. The molecule has 0 bridgehead atoms. The van der Waals surface area contributed by atoms with Crippen molar-refractivity contribution in [3.8, 4) is 0 Å². The normalized spacial score (nSPS) is 9.82. The average Bonchev–Trinajstić information content (AvgIpc) is 2.28. The minimum atomic E-state index is -1.05. The third kappa shape index (κ3) is 3.35. The average molecular weight is 258 g/mol. The van der Waals surface area contributed by atoms with Crippen molar-refractivity contribution in [2.24, 2.45) is 0 Å². The number of ether oxygens (including phenoxy) is 1. The number of anilines is 1. The van der Waals surface area contributed by atoms with Gasteiger partial charge in [-0.15, -0.1) is 0 Å². The molecule has 0 fully saturated rings. The molecule has 1 rings (SSSR count). The second-order valence-electron chi connectivity index (χ2n) is 3.40. The molecule has 0 unspecified atom stereocenters. The zero-order valence-corrected chi connectivity index (χ0v) is 10.2. The third-order valence-electron chi connectivity index (χ3n) is 2.20. The van der Waals surface area contributed by atoms with Gasteiger partial charge < -0.3 is 14.7 Å². The van der Waals surface area contributed by atoms with Crippen molar-refractivity contribution in [3.05, 3.63) is 28.8 Å². The van der Waals surface area contributed by atoms with Gasteiger partial charge in [0.05, 0.1) is 23.4 Å². The van der Waals surface area contributed by atoms with Crippen LogP contribution in [0.2, 0.25) is 5.02 Å². The molecule has 1 aromatic carbocycles. The van der Waals surface area contributed by atoms with Crippen LogP contribution in [0.15, 0.2) is 18.2 Å². The first-order valence-electron chi connectivity index (χ1n) is 4.76. The molecule has 0 heterocycles. The summed E-state index contributed by atoms with van der Waals surface area (Å²) >= 11 is 5.94. The second kappa shape index (κ2) is 5.54. The van der Waals surface area contributed by atoms with Crippen LogP contribution in [0.5, 0.6) is 0 Å². The SMILES string of the molecule is COC(=O)CN(C)c1cc(C(=O)O)ccc1Cl. The van der Waals surface area contributed by atoms with Crippen molar-refractivity contribution < 1.29 is 19.4 Å². The van der Waals surface area contributed by atoms with Crippen LogP contribution in [0, 0.1) is 0 Å². The molecule has 0 aliphatic rings. The standard InChI is InChI=1S/C11H12ClNO4/c1-13(6-10(14)17-2)9-5-7(11(15)16)3-4-8(9)12/h3-5H,6H2,1-2H3,(H,15,16). The zero-order valence-electron chi connectivity index (χ0n) is 9.44. The molecule has 0 saturated heterocycles. The van der Waals surface area contributed by atoms with E-state index in [-0.39, 0.29) is 12.1 Å². The molecular formula is C11H12ClNO4. The van der Waals surface area contributed by atoms with Gasteiger partial charge in [-0.2, -0.15) is 0 Å². The van der Waals surface area contributed by atoms with E-state index in [4.69, 9.17) is 16.7 Å². The highest BCUT2D eigenvalue weighted by molar-refractivity contribution is 6.33. The number of hydrogen-bond donors (Lipinski definition) is 1. The van der Waals surface area contributed by atoms with Gasteiger partial charge in [0.2, 0.25) is 0 Å². The summed E-state index contributed by atoms with van der Waals surface area (Å²) in [5.74, 6) is -1.47. The first kappa shape index (κ1) is 13.3. The Morgan fingerprint density at radius 3 is 2.65 bits per heavy atom. The first-order valence-corrected chi connectivity index (χ1v) is 5.14. The largest absolute Gasteiger partial charge is 0.478 e. The zero-order chi connectivity index (χ0) is 13.0. The number of hydrogen-bond acceptors (Lipinski definition) is 4. The van der Waals surface area contributed by atoms with Crippen LogP contribution in [-0.2, 0) is 9.53 Å². The minimum Gasteiger partial charge on any atom is -0.478 e. The Labute approximate surface area is 104 Å². The van der Waals surface area contributed by atoms with Crippen molar-refractivity contribution in [1.29, 1.82) is 0 Å². The molecule has 0 aromatic heterocycles. The predicted molar refractivity (Wildman–Crippen MR) is 63.7 cm³/mol. The molecule has 0 atom stereocenters. The lowest BCUT2D eigenvalue weighted by Gasteiger charge is -2.19. The fourth-order valence-corrected chi connectivity index (χ4v) is 1.54. The Morgan fingerprint density at radius 2 is 2.12 bits per heavy atom. The van der Waals surface area contributed by atoms with E-state index in [0.29, 0.717) is 10.7 Å². The number of carbonyl (C=O) groups is 2. The lowest BCUT2D eigenvalue weighted by molar-refractivity contribution is -0.138. The number of likely N-dealkylation sites (N-methyl/N-ethyl adjacent to an activating group) is 1. The lowest BCUT2D eigenvalue weighted by atomic mass is 10.2. The Bertz CT molecular complexity index is 447. The van der Waals surface area contributed by atoms with E-state index in [1.165, 1.54) is 30.2 Å². The van der Waals surface area contributed by atoms with Crippen LogP contribution in [0.4, 0.5) is 5.69 Å². The molecule has 0 saturated carbocycles. The van der Waals surface area contributed by atoms with Crippen LogP contribution in [0.25, 0.3) is 0 Å². The van der Waals surface area contributed by atoms with Crippen LogP contribution >= 0.6 is 11.6 Å². The van der Waals surface area contributed by atoms with E-state index in [0.717, 1.165) is 0 Å². The van der Waals surface area contributed by atoms with E-state index in [1.54, 1.807) is 7.05 Å². The number of carboxylic acid groups (broad SMARTS) is 1. The topological polar surface area (TPSA) is 66.8 Å². The number of carbonyl (C=O) groups excluding carboxylic acids is 1. The number of methoxy groups -OCH3 is 1. The van der Waals surface area contributed by atoms with Gasteiger partial charge in [0.15, 0.2) is 0 Å². The molecule has 0 aliphatic carbocycles. The third-order valence-corrected chi connectivity index (χ3v) is 2.52. The molecule has 1 N–H and O–H groups in total. The Kier molecular flexibility index (Phi) is 4.34. The van der Waals surface area contributed by atoms with Crippen LogP contribution in [0.1, 0.15) is 10.4 Å². The second-order valence-corrected chi connectivity index (χ2v) is 3.81. The minimum absolute atomic E-state index is 0.000702. The molecule has 1 aromatic rings. The fraction of sp³-hybridized carbons (Fsp3) is 0.273. The van der Waals surface area contributed by atoms with Crippen LogP contribution < -0.4 is 4.90 Å². The molecule has 92 valence electrons. The summed E-state index contributed by atoms with van der Waals surface area (Å²) < 4.78 is 4.52. The summed E-state index contributed by atoms with van der Waals surface area (Å²) in [6, 6.07) is 4.29. The molecule has 5 nitrogen and oxygen atoms in total. The molecule has 17 heavy (non-hydrogen) atoms. The summed E-state index contributed by atoms with van der Waals surface area (Å²) in [6.45, 7) is -0.000702. The summed E-state index contributed by atoms with van der Waals surface area (Å²) in [6.07, 6.45) is 0. The predicted octanol–water partition coefficient (Wildman–Crippen LogP) is 1.65. The van der Waals surface area contributed by atoms with E-state index >= 15 is 0 Å². The lowest BCUT2D eigenvalue weighted by Crippen LogP contribution is -2.26. The fourth-order valence-electron chi connectivity index (χ4n) is 1.28. The number of rotatable bonds is 4. The maximum Gasteiger partial charge on any atom is 0.335 e. The highest BCUT2D eigenvalue weighted by Gasteiger charge is 2.13. The van der Waals surface area contributed by atoms with Gasteiger partial charge in [0.25, 0.3) is 0 Å². The molecule has 0 radical (unpaired) electrons. The van der Waals surface area contributed by atoms with Gasteiger partial charge in [-0.05, 0) is 18.2 Å². The van der Waals surface area contributed by atoms with E-state index in [1.807, 2.05) is 0 Å². The van der Waals surface area contributed by atoms with Crippen molar-refractivity contribution in [2.75, 3.05) is 25.6 Å². The van der Waals surface area contributed by atoms with Gasteiger partial charge in [-0.3, -0.25) is 4.79 Å². The van der Waals surface area contributed by atoms with Crippen molar-refractivity contribution in [3.63, 3.8) is 0 Å². The monoisotopic (exact) mass is 257 g/mol. The molecule has 6 heteroatoms. The van der Waals surface area contributed by atoms with Crippen LogP contribution in [0.3, 0.4) is 0 Å². The van der Waals surface area contributed by atoms with Gasteiger partial charge in [-0.25, -0.2) is 4.79 Å². The molecule has 0 spiro atoms. The summed E-state index contributed by atoms with van der Waals surface area (Å²) in [7, 11) is 2.91. The van der Waals surface area contributed by atoms with Gasteiger partial charge in [0.1, 0.15) is 6.54 Å². The number of nitrogens with zero attached hydrogens (tertiary/aromatic N) is 1. The Hall–Kier alpha value is -1.75. The highest BCUT2D eigenvalue weighted by Crippen LogP contribution is 2.26. The van der Waals surface area contributed by atoms with Crippen LogP contribution in [-0.4, -0.2) is 37.7 Å². The summed E-state index contributed by atoms with van der Waals surface area (Å²) in [4.78, 5) is 23.4. The molecule has 0 amide bonds. The number of esters is 1. The van der Waals surface area contributed by atoms with Crippen molar-refractivity contribution in [1.82, 2.24) is 0 Å². The van der Waals surface area contributed by atoms with Crippen molar-refractivity contribution >= 4 is 29.2 Å². The maximum atomic E-state index is 11.1. The van der Waals surface area contributed by atoms with Crippen molar-refractivity contribution in [2.45, 2.75) is 0 Å². The van der Waals surface area contributed by atoms with Gasteiger partial charge >= 0.3 is 11.9 Å². The quantitative estimate of drug-likeness (QED) is 0.831. The Morgan fingerprint density at radius 1 is 1.47 bits per heavy atom. The molecular weight excluding hydrogens is 246 g/mol. The highest BCUT2D eigenvalue weighted by atomic mass is 35.5. The Balaban J connectivity index is 2.99. The van der Waals surface area contributed by atoms with Gasteiger partial charge in [0, 0.05) is 7.05 Å². The number of benzene rings is 1. The molecule has 0 aliphatic heterocycles. The summed E-state index contributed by atoms with van der Waals surface area (Å²) in [5, 5.41) is 9.23. The smallest absolute Gasteiger partial charge is 0.335 e. The first-order chi connectivity index (χ1) is 7.95. The van der Waals surface area contributed by atoms with E-state index in [2.05, 4.69) is 4.74 Å². The summed E-state index contributed by atoms with van der Waals surface area (Å²) in [5.41, 5.74) is 0.582. The number of aromatic carboxylic acids is 1. The number of halogens is 1. The van der Waals surface area contributed by atoms with Gasteiger partial charge in [-0.1, -0.05) is 11.6 Å². The van der Waals surface area contributed by atoms with E-state index < -0.39 is 11.9 Å². The number of carboxylic acids is 1.